The minimum atomic E-state index is -0.525. The molecular formula is C22H22ClN5O2. The van der Waals surface area contributed by atoms with E-state index in [4.69, 9.17) is 16.6 Å². The third kappa shape index (κ3) is 3.80. The van der Waals surface area contributed by atoms with Gasteiger partial charge < -0.3 is 10.4 Å². The molecule has 0 saturated heterocycles. The van der Waals surface area contributed by atoms with Crippen molar-refractivity contribution in [2.75, 3.05) is 6.54 Å². The second-order valence-electron chi connectivity index (χ2n) is 7.20. The van der Waals surface area contributed by atoms with Crippen LogP contribution in [0.15, 0.2) is 47.5 Å². The standard InChI is InChI=1S/C22H22ClN5O2/c1-3-10-24-20(30)12-18-22-27-26-13(2)28(22)19-9-8-16(29)11-17(19)21(25-18)14-4-6-15(23)7-5-14/h4-9,11,18,29H,3,10,12H2,1-2H3,(H,24,30)/t18-/m1/s1. The van der Waals surface area contributed by atoms with Crippen molar-refractivity contribution >= 4 is 23.2 Å². The summed E-state index contributed by atoms with van der Waals surface area (Å²) in [4.78, 5) is 17.5. The summed E-state index contributed by atoms with van der Waals surface area (Å²) >= 11 is 6.08. The van der Waals surface area contributed by atoms with Gasteiger partial charge in [-0.1, -0.05) is 30.7 Å². The van der Waals surface area contributed by atoms with Crippen molar-refractivity contribution in [3.05, 3.63) is 70.3 Å². The highest BCUT2D eigenvalue weighted by Crippen LogP contribution is 2.34. The summed E-state index contributed by atoms with van der Waals surface area (Å²) in [5.41, 5.74) is 3.03. The van der Waals surface area contributed by atoms with Crippen LogP contribution in [0.25, 0.3) is 5.69 Å². The van der Waals surface area contributed by atoms with Gasteiger partial charge in [-0.05, 0) is 43.7 Å². The van der Waals surface area contributed by atoms with Gasteiger partial charge in [-0.3, -0.25) is 14.4 Å². The first-order valence-electron chi connectivity index (χ1n) is 9.84. The monoisotopic (exact) mass is 423 g/mol. The summed E-state index contributed by atoms with van der Waals surface area (Å²) in [6, 6.07) is 11.9. The SMILES string of the molecule is CCCNC(=O)C[C@H]1N=C(c2ccc(Cl)cc2)c2cc(O)ccc2-n2c(C)nnc21. The highest BCUT2D eigenvalue weighted by Gasteiger charge is 2.29. The highest BCUT2D eigenvalue weighted by molar-refractivity contribution is 6.30. The maximum Gasteiger partial charge on any atom is 0.222 e. The number of nitrogens with zero attached hydrogens (tertiary/aromatic N) is 4. The number of hydrogen-bond acceptors (Lipinski definition) is 5. The Labute approximate surface area is 179 Å². The van der Waals surface area contributed by atoms with E-state index >= 15 is 0 Å². The van der Waals surface area contributed by atoms with Crippen LogP contribution < -0.4 is 5.32 Å². The highest BCUT2D eigenvalue weighted by atomic mass is 35.5. The van der Waals surface area contributed by atoms with Gasteiger partial charge >= 0.3 is 0 Å². The number of nitrogens with one attached hydrogen (secondary N) is 1. The molecule has 1 amide bonds. The number of aromatic nitrogens is 3. The molecule has 154 valence electrons. The predicted molar refractivity (Wildman–Crippen MR) is 116 cm³/mol. The van der Waals surface area contributed by atoms with E-state index in [1.807, 2.05) is 36.6 Å². The normalized spacial score (nSPS) is 15.0. The van der Waals surface area contributed by atoms with E-state index in [0.29, 0.717) is 28.9 Å². The predicted octanol–water partition coefficient (Wildman–Crippen LogP) is 3.74. The van der Waals surface area contributed by atoms with Crippen LogP contribution in [0.2, 0.25) is 5.02 Å². The van der Waals surface area contributed by atoms with E-state index in [0.717, 1.165) is 23.2 Å². The molecular weight excluding hydrogens is 402 g/mol. The molecule has 1 atom stereocenters. The van der Waals surface area contributed by atoms with Crippen LogP contribution in [0.3, 0.4) is 0 Å². The van der Waals surface area contributed by atoms with Gasteiger partial charge in [0.1, 0.15) is 17.6 Å². The first kappa shape index (κ1) is 20.1. The number of amides is 1. The molecule has 3 aromatic rings. The molecule has 30 heavy (non-hydrogen) atoms. The third-order valence-corrected chi connectivity index (χ3v) is 5.23. The van der Waals surface area contributed by atoms with Crippen LogP contribution in [0.4, 0.5) is 0 Å². The summed E-state index contributed by atoms with van der Waals surface area (Å²) in [5, 5.41) is 22.3. The third-order valence-electron chi connectivity index (χ3n) is 4.98. The zero-order valence-electron chi connectivity index (χ0n) is 16.8. The van der Waals surface area contributed by atoms with Gasteiger partial charge in [-0.25, -0.2) is 0 Å². The van der Waals surface area contributed by atoms with Gasteiger partial charge in [0.25, 0.3) is 0 Å². The largest absolute Gasteiger partial charge is 0.508 e. The molecule has 8 heteroatoms. The Morgan fingerprint density at radius 3 is 2.70 bits per heavy atom. The number of carbonyl (C=O) groups excluding carboxylic acids is 1. The second-order valence-corrected chi connectivity index (χ2v) is 7.63. The lowest BCUT2D eigenvalue weighted by atomic mass is 10.00. The molecule has 0 unspecified atom stereocenters. The number of phenols is 1. The van der Waals surface area contributed by atoms with E-state index in [9.17, 15) is 9.90 Å². The van der Waals surface area contributed by atoms with Crippen LogP contribution in [-0.2, 0) is 4.79 Å². The fourth-order valence-electron chi connectivity index (χ4n) is 3.57. The van der Waals surface area contributed by atoms with E-state index in [2.05, 4.69) is 15.5 Å². The Bertz CT molecular complexity index is 1120. The number of carbonyl (C=O) groups is 1. The van der Waals surface area contributed by atoms with Crippen molar-refractivity contribution in [1.29, 1.82) is 0 Å². The number of aromatic hydroxyl groups is 1. The average molecular weight is 424 g/mol. The fraction of sp³-hybridized carbons (Fsp3) is 0.273. The van der Waals surface area contributed by atoms with E-state index in [1.165, 1.54) is 0 Å². The van der Waals surface area contributed by atoms with Crippen molar-refractivity contribution in [2.24, 2.45) is 4.99 Å². The van der Waals surface area contributed by atoms with Crippen molar-refractivity contribution in [2.45, 2.75) is 32.7 Å². The molecule has 0 saturated carbocycles. The Hall–Kier alpha value is -3.19. The molecule has 2 aromatic carbocycles. The van der Waals surface area contributed by atoms with Gasteiger partial charge in [0.05, 0.1) is 17.8 Å². The number of halogens is 1. The van der Waals surface area contributed by atoms with Crippen molar-refractivity contribution in [3.8, 4) is 11.4 Å². The molecule has 0 radical (unpaired) electrons. The molecule has 0 fully saturated rings. The number of rotatable bonds is 5. The van der Waals surface area contributed by atoms with Gasteiger partial charge in [-0.2, -0.15) is 0 Å². The summed E-state index contributed by atoms with van der Waals surface area (Å²) in [6.45, 7) is 4.47. The van der Waals surface area contributed by atoms with Gasteiger partial charge in [-0.15, -0.1) is 10.2 Å². The van der Waals surface area contributed by atoms with Crippen LogP contribution in [0, 0.1) is 6.92 Å². The number of aliphatic imine (C=N–C) groups is 1. The molecule has 2 heterocycles. The van der Waals surface area contributed by atoms with Crippen LogP contribution >= 0.6 is 11.6 Å². The lowest BCUT2D eigenvalue weighted by molar-refractivity contribution is -0.121. The van der Waals surface area contributed by atoms with E-state index in [1.54, 1.807) is 24.3 Å². The van der Waals surface area contributed by atoms with Crippen LogP contribution in [-0.4, -0.2) is 38.0 Å². The molecule has 7 nitrogen and oxygen atoms in total. The number of aryl methyl sites for hydroxylation is 1. The van der Waals surface area contributed by atoms with Gasteiger partial charge in [0.15, 0.2) is 5.82 Å². The Morgan fingerprint density at radius 1 is 1.20 bits per heavy atom. The maximum atomic E-state index is 12.5. The Balaban J connectivity index is 1.90. The smallest absolute Gasteiger partial charge is 0.222 e. The molecule has 1 aliphatic heterocycles. The quantitative estimate of drug-likeness (QED) is 0.653. The van der Waals surface area contributed by atoms with Gasteiger partial charge in [0.2, 0.25) is 5.91 Å². The first-order chi connectivity index (χ1) is 14.5. The number of phenolic OH excluding ortho intramolecular Hbond substituents is 1. The minimum Gasteiger partial charge on any atom is -0.508 e. The second kappa shape index (κ2) is 8.28. The Kier molecular flexibility index (Phi) is 5.55. The Morgan fingerprint density at radius 2 is 1.97 bits per heavy atom. The zero-order valence-corrected chi connectivity index (χ0v) is 17.5. The summed E-state index contributed by atoms with van der Waals surface area (Å²) < 4.78 is 1.90. The lowest BCUT2D eigenvalue weighted by Crippen LogP contribution is -2.26. The molecule has 0 bridgehead atoms. The molecule has 4 rings (SSSR count). The molecule has 0 spiro atoms. The fourth-order valence-corrected chi connectivity index (χ4v) is 3.70. The van der Waals surface area contributed by atoms with Gasteiger partial charge in [0, 0.05) is 22.7 Å². The molecule has 2 N–H and O–H groups in total. The van der Waals surface area contributed by atoms with Crippen LogP contribution in [0.1, 0.15) is 48.6 Å². The molecule has 0 aliphatic carbocycles. The zero-order chi connectivity index (χ0) is 21.3. The van der Waals surface area contributed by atoms with Crippen molar-refractivity contribution < 1.29 is 9.90 Å². The summed E-state index contributed by atoms with van der Waals surface area (Å²) in [6.07, 6.45) is 1.00. The molecule has 1 aromatic heterocycles. The average Bonchev–Trinajstić information content (AvgIpc) is 3.05. The number of hydrogen-bond donors (Lipinski definition) is 2. The summed E-state index contributed by atoms with van der Waals surface area (Å²) in [7, 11) is 0. The van der Waals surface area contributed by atoms with Crippen LogP contribution in [0.5, 0.6) is 5.75 Å². The van der Waals surface area contributed by atoms with E-state index in [-0.39, 0.29) is 18.1 Å². The number of benzene rings is 2. The first-order valence-corrected chi connectivity index (χ1v) is 10.2. The lowest BCUT2D eigenvalue weighted by Gasteiger charge is -2.13. The minimum absolute atomic E-state index is 0.0953. The number of fused-ring (bicyclic) bond motifs is 3. The maximum absolute atomic E-state index is 12.5. The molecule has 1 aliphatic rings. The van der Waals surface area contributed by atoms with Crippen molar-refractivity contribution in [3.63, 3.8) is 0 Å². The van der Waals surface area contributed by atoms with E-state index < -0.39 is 6.04 Å². The topological polar surface area (TPSA) is 92.4 Å². The van der Waals surface area contributed by atoms with Crippen molar-refractivity contribution in [1.82, 2.24) is 20.1 Å². The summed E-state index contributed by atoms with van der Waals surface area (Å²) in [5.74, 6) is 1.31.